The molecule has 36 heavy (non-hydrogen) atoms. The van der Waals surface area contributed by atoms with E-state index in [9.17, 15) is 24.5 Å². The summed E-state index contributed by atoms with van der Waals surface area (Å²) < 4.78 is 17.2. The first-order valence-electron chi connectivity index (χ1n) is 10.8. The van der Waals surface area contributed by atoms with Crippen LogP contribution in [0.15, 0.2) is 54.6 Å². The molecule has 0 aliphatic rings. The molecule has 0 unspecified atom stereocenters. The van der Waals surface area contributed by atoms with E-state index >= 15 is 0 Å². The highest BCUT2D eigenvalue weighted by molar-refractivity contribution is 5.82. The van der Waals surface area contributed by atoms with Gasteiger partial charge in [0.05, 0.1) is 10.5 Å². The van der Waals surface area contributed by atoms with Gasteiger partial charge in [-0.1, -0.05) is 6.07 Å². The number of aryl methyl sites for hydroxylation is 1. The molecule has 3 rings (SSSR count). The number of hydrogen-bond donors (Lipinski definition) is 1. The molecule has 0 saturated heterocycles. The van der Waals surface area contributed by atoms with E-state index in [0.29, 0.717) is 34.5 Å². The molecule has 10 nitrogen and oxygen atoms in total. The molecular weight excluding hydrogens is 468 g/mol. The SMILES string of the molecule is CNC(=O)COc1cc(COc2ccc(C)c(C=O)c2)cc(COc2ccc([N+](=O)[O-])c(C=O)c2)c1. The van der Waals surface area contributed by atoms with E-state index < -0.39 is 4.92 Å². The first-order valence-corrected chi connectivity index (χ1v) is 10.8. The summed E-state index contributed by atoms with van der Waals surface area (Å²) in [6, 6.07) is 14.3. The monoisotopic (exact) mass is 492 g/mol. The van der Waals surface area contributed by atoms with Crippen LogP contribution < -0.4 is 19.5 Å². The molecule has 0 radical (unpaired) electrons. The van der Waals surface area contributed by atoms with Crippen LogP contribution in [0.1, 0.15) is 37.4 Å². The van der Waals surface area contributed by atoms with Crippen molar-refractivity contribution < 1.29 is 33.5 Å². The lowest BCUT2D eigenvalue weighted by Crippen LogP contribution is -2.24. The van der Waals surface area contributed by atoms with E-state index in [1.54, 1.807) is 30.3 Å². The van der Waals surface area contributed by atoms with Crippen LogP contribution in [-0.4, -0.2) is 37.1 Å². The number of carbonyl (C=O) groups excluding carboxylic acids is 3. The Kier molecular flexibility index (Phi) is 8.71. The highest BCUT2D eigenvalue weighted by Gasteiger charge is 2.14. The molecule has 0 saturated carbocycles. The number of likely N-dealkylation sites (N-methyl/N-ethyl adjacent to an activating group) is 1. The minimum Gasteiger partial charge on any atom is -0.489 e. The lowest BCUT2D eigenvalue weighted by molar-refractivity contribution is -0.385. The molecule has 3 aromatic carbocycles. The number of nitro benzene ring substituents is 1. The Morgan fingerprint density at radius 2 is 1.44 bits per heavy atom. The van der Waals surface area contributed by atoms with Gasteiger partial charge in [-0.05, 0) is 66.1 Å². The maximum Gasteiger partial charge on any atom is 0.280 e. The topological polar surface area (TPSA) is 134 Å². The van der Waals surface area contributed by atoms with Crippen molar-refractivity contribution in [1.29, 1.82) is 0 Å². The predicted molar refractivity (Wildman–Crippen MR) is 130 cm³/mol. The van der Waals surface area contributed by atoms with Crippen LogP contribution in [0.25, 0.3) is 0 Å². The number of rotatable bonds is 12. The van der Waals surface area contributed by atoms with Crippen LogP contribution in [0.4, 0.5) is 5.69 Å². The van der Waals surface area contributed by atoms with Gasteiger partial charge in [-0.3, -0.25) is 24.5 Å². The summed E-state index contributed by atoms with van der Waals surface area (Å²) in [7, 11) is 1.50. The first-order chi connectivity index (χ1) is 17.3. The van der Waals surface area contributed by atoms with E-state index in [1.807, 2.05) is 13.0 Å². The number of carbonyl (C=O) groups is 3. The quantitative estimate of drug-likeness (QED) is 0.229. The fourth-order valence-corrected chi connectivity index (χ4v) is 3.25. The molecule has 1 amide bonds. The number of ether oxygens (including phenoxy) is 3. The zero-order valence-corrected chi connectivity index (χ0v) is 19.7. The van der Waals surface area contributed by atoms with Gasteiger partial charge < -0.3 is 19.5 Å². The Balaban J connectivity index is 1.79. The third-order valence-electron chi connectivity index (χ3n) is 5.19. The molecule has 0 atom stereocenters. The van der Waals surface area contributed by atoms with E-state index in [0.717, 1.165) is 11.8 Å². The molecular formula is C26H24N2O8. The number of amides is 1. The van der Waals surface area contributed by atoms with Gasteiger partial charge in [0.2, 0.25) is 0 Å². The van der Waals surface area contributed by atoms with Crippen molar-refractivity contribution >= 4 is 24.2 Å². The molecule has 3 aromatic rings. The molecule has 1 N–H and O–H groups in total. The second kappa shape index (κ2) is 12.1. The maximum absolute atomic E-state index is 11.6. The van der Waals surface area contributed by atoms with Crippen LogP contribution in [0, 0.1) is 17.0 Å². The summed E-state index contributed by atoms with van der Waals surface area (Å²) in [5.41, 5.74) is 2.35. The number of nitro groups is 1. The van der Waals surface area contributed by atoms with Crippen molar-refractivity contribution in [3.63, 3.8) is 0 Å². The highest BCUT2D eigenvalue weighted by Crippen LogP contribution is 2.25. The van der Waals surface area contributed by atoms with Crippen LogP contribution in [0.2, 0.25) is 0 Å². The van der Waals surface area contributed by atoms with Gasteiger partial charge in [0.1, 0.15) is 36.7 Å². The predicted octanol–water partition coefficient (Wildman–Crippen LogP) is 3.81. The van der Waals surface area contributed by atoms with Crippen molar-refractivity contribution in [2.45, 2.75) is 20.1 Å². The fourth-order valence-electron chi connectivity index (χ4n) is 3.25. The molecule has 186 valence electrons. The van der Waals surface area contributed by atoms with Gasteiger partial charge in [-0.15, -0.1) is 0 Å². The zero-order valence-electron chi connectivity index (χ0n) is 19.7. The molecule has 0 aromatic heterocycles. The standard InChI is InChI=1S/C26H24N2O8/c1-17-3-4-22(10-20(17)12-29)34-14-18-7-19(9-24(8-18)36-16-26(31)27-2)15-35-23-5-6-25(28(32)33)21(11-23)13-30/h3-13H,14-16H2,1-2H3,(H,27,31). The number of hydrogen-bond acceptors (Lipinski definition) is 8. The van der Waals surface area contributed by atoms with Gasteiger partial charge in [-0.25, -0.2) is 0 Å². The summed E-state index contributed by atoms with van der Waals surface area (Å²) >= 11 is 0. The lowest BCUT2D eigenvalue weighted by atomic mass is 10.1. The smallest absolute Gasteiger partial charge is 0.280 e. The average Bonchev–Trinajstić information content (AvgIpc) is 2.89. The van der Waals surface area contributed by atoms with Gasteiger partial charge in [0.25, 0.3) is 11.6 Å². The average molecular weight is 492 g/mol. The Labute approximate surface area is 206 Å². The third kappa shape index (κ3) is 6.89. The largest absolute Gasteiger partial charge is 0.489 e. The number of nitrogens with zero attached hydrogens (tertiary/aromatic N) is 1. The summed E-state index contributed by atoms with van der Waals surface area (Å²) in [6.07, 6.45) is 1.16. The van der Waals surface area contributed by atoms with Crippen molar-refractivity contribution in [2.24, 2.45) is 0 Å². The number of aldehydes is 2. The Morgan fingerprint density at radius 1 is 0.861 bits per heavy atom. The summed E-state index contributed by atoms with van der Waals surface area (Å²) in [4.78, 5) is 44.4. The normalized spacial score (nSPS) is 10.3. The van der Waals surface area contributed by atoms with Crippen LogP contribution in [-0.2, 0) is 18.0 Å². The zero-order chi connectivity index (χ0) is 26.1. The minimum atomic E-state index is -0.640. The fraction of sp³-hybridized carbons (Fsp3) is 0.192. The lowest BCUT2D eigenvalue weighted by Gasteiger charge is -2.13. The van der Waals surface area contributed by atoms with Crippen molar-refractivity contribution in [3.05, 3.63) is 92.5 Å². The second-order valence-electron chi connectivity index (χ2n) is 7.76. The molecule has 0 aliphatic heterocycles. The van der Waals surface area contributed by atoms with E-state index in [-0.39, 0.29) is 42.7 Å². The van der Waals surface area contributed by atoms with Gasteiger partial charge in [0.15, 0.2) is 12.9 Å². The van der Waals surface area contributed by atoms with Crippen molar-refractivity contribution in [2.75, 3.05) is 13.7 Å². The second-order valence-corrected chi connectivity index (χ2v) is 7.76. The van der Waals surface area contributed by atoms with Crippen LogP contribution in [0.3, 0.4) is 0 Å². The Bertz CT molecular complexity index is 1290. The van der Waals surface area contributed by atoms with Gasteiger partial charge >= 0.3 is 0 Å². The number of benzene rings is 3. The van der Waals surface area contributed by atoms with Gasteiger partial charge in [-0.2, -0.15) is 0 Å². The molecule has 10 heteroatoms. The summed E-state index contributed by atoms with van der Waals surface area (Å²) in [5, 5.41) is 13.5. The van der Waals surface area contributed by atoms with E-state index in [4.69, 9.17) is 14.2 Å². The summed E-state index contributed by atoms with van der Waals surface area (Å²) in [6.45, 7) is 1.85. The van der Waals surface area contributed by atoms with E-state index in [1.165, 1.54) is 25.2 Å². The third-order valence-corrected chi connectivity index (χ3v) is 5.19. The maximum atomic E-state index is 11.6. The number of nitrogens with one attached hydrogen (secondary N) is 1. The molecule has 0 fully saturated rings. The van der Waals surface area contributed by atoms with Crippen LogP contribution >= 0.6 is 0 Å². The first kappa shape index (κ1) is 25.9. The van der Waals surface area contributed by atoms with Crippen molar-refractivity contribution in [1.82, 2.24) is 5.32 Å². The Morgan fingerprint density at radius 3 is 2.00 bits per heavy atom. The summed E-state index contributed by atoms with van der Waals surface area (Å²) in [5.74, 6) is 0.901. The highest BCUT2D eigenvalue weighted by atomic mass is 16.6. The molecule has 0 bridgehead atoms. The van der Waals surface area contributed by atoms with Crippen molar-refractivity contribution in [3.8, 4) is 17.2 Å². The Hall–Kier alpha value is -4.73. The molecule has 0 aliphatic carbocycles. The molecule has 0 heterocycles. The van der Waals surface area contributed by atoms with Gasteiger partial charge in [0, 0.05) is 18.7 Å². The minimum absolute atomic E-state index is 0.0557. The van der Waals surface area contributed by atoms with E-state index in [2.05, 4.69) is 5.32 Å². The van der Waals surface area contributed by atoms with Crippen LogP contribution in [0.5, 0.6) is 17.2 Å². The molecule has 0 spiro atoms.